The van der Waals surface area contributed by atoms with Gasteiger partial charge in [0.1, 0.15) is 10.8 Å². The van der Waals surface area contributed by atoms with E-state index in [1.165, 1.54) is 48.8 Å². The van der Waals surface area contributed by atoms with Gasteiger partial charge in [-0.25, -0.2) is 4.98 Å². The smallest absolute Gasteiger partial charge is 0.242 e. The van der Waals surface area contributed by atoms with Gasteiger partial charge in [-0.05, 0) is 52.9 Å². The van der Waals surface area contributed by atoms with E-state index in [1.54, 1.807) is 6.07 Å². The SMILES string of the molecule is O=C1CC(c2ccsc2)(c2cccc(OCCC3CCCC3)n2)NC(=O)C1Sc1ccccc1Cl. The Morgan fingerprint density at radius 1 is 1.11 bits per heavy atom. The molecule has 5 rings (SSSR count). The van der Waals surface area contributed by atoms with Crippen LogP contribution in [0.4, 0.5) is 0 Å². The lowest BCUT2D eigenvalue weighted by molar-refractivity contribution is -0.133. The Morgan fingerprint density at radius 2 is 1.94 bits per heavy atom. The molecule has 0 spiro atoms. The van der Waals surface area contributed by atoms with Crippen LogP contribution in [0.1, 0.15) is 49.8 Å². The normalized spacial score (nSPS) is 22.8. The zero-order chi connectivity index (χ0) is 24.3. The number of hydrogen-bond donors (Lipinski definition) is 1. The molecule has 2 atom stereocenters. The van der Waals surface area contributed by atoms with E-state index in [0.29, 0.717) is 28.1 Å². The van der Waals surface area contributed by atoms with Crippen molar-refractivity contribution in [2.75, 3.05) is 6.61 Å². The van der Waals surface area contributed by atoms with Gasteiger partial charge >= 0.3 is 0 Å². The zero-order valence-corrected chi connectivity index (χ0v) is 21.6. The Kier molecular flexibility index (Phi) is 7.46. The highest BCUT2D eigenvalue weighted by Gasteiger charge is 2.48. The van der Waals surface area contributed by atoms with E-state index in [1.807, 2.05) is 53.2 Å². The van der Waals surface area contributed by atoms with Crippen molar-refractivity contribution in [3.05, 3.63) is 75.6 Å². The fourth-order valence-corrected chi connectivity index (χ4v) is 6.92. The fraction of sp³-hybridized carbons (Fsp3) is 0.370. The Hall–Kier alpha value is -2.35. The summed E-state index contributed by atoms with van der Waals surface area (Å²) in [5, 5.41) is 6.73. The first kappa shape index (κ1) is 24.3. The average Bonchev–Trinajstić information content (AvgIpc) is 3.58. The summed E-state index contributed by atoms with van der Waals surface area (Å²) in [7, 11) is 0. The molecule has 5 nitrogen and oxygen atoms in total. The van der Waals surface area contributed by atoms with Gasteiger partial charge in [-0.1, -0.05) is 55.5 Å². The number of aromatic nitrogens is 1. The van der Waals surface area contributed by atoms with Gasteiger partial charge in [-0.2, -0.15) is 11.3 Å². The molecule has 0 radical (unpaired) electrons. The number of ketones is 1. The second kappa shape index (κ2) is 10.7. The molecule has 1 aromatic carbocycles. The van der Waals surface area contributed by atoms with E-state index < -0.39 is 10.8 Å². The molecule has 2 fully saturated rings. The Morgan fingerprint density at radius 3 is 2.69 bits per heavy atom. The molecule has 3 aromatic rings. The summed E-state index contributed by atoms with van der Waals surface area (Å²) in [5.74, 6) is 0.758. The molecule has 2 unspecified atom stereocenters. The first-order valence-corrected chi connectivity index (χ1v) is 14.1. The fourth-order valence-electron chi connectivity index (χ4n) is 4.95. The van der Waals surface area contributed by atoms with Crippen LogP contribution >= 0.6 is 34.7 Å². The van der Waals surface area contributed by atoms with E-state index in [4.69, 9.17) is 21.3 Å². The van der Waals surface area contributed by atoms with Crippen LogP contribution in [0.5, 0.6) is 5.88 Å². The Bertz CT molecular complexity index is 1180. The third-order valence-corrected chi connectivity index (χ3v) is 9.26. The largest absolute Gasteiger partial charge is 0.478 e. The summed E-state index contributed by atoms with van der Waals surface area (Å²) >= 11 is 9.00. The van der Waals surface area contributed by atoms with Gasteiger partial charge in [-0.3, -0.25) is 9.59 Å². The summed E-state index contributed by atoms with van der Waals surface area (Å²) < 4.78 is 6.00. The predicted molar refractivity (Wildman–Crippen MR) is 140 cm³/mol. The maximum Gasteiger partial charge on any atom is 0.242 e. The number of nitrogens with zero attached hydrogens (tertiary/aromatic N) is 1. The van der Waals surface area contributed by atoms with Gasteiger partial charge in [0, 0.05) is 17.4 Å². The summed E-state index contributed by atoms with van der Waals surface area (Å²) in [6, 6.07) is 14.8. The number of piperidine rings is 1. The van der Waals surface area contributed by atoms with Crippen LogP contribution < -0.4 is 10.1 Å². The number of rotatable bonds is 8. The van der Waals surface area contributed by atoms with Crippen LogP contribution in [0.2, 0.25) is 5.02 Å². The molecule has 1 N–H and O–H groups in total. The number of carbonyl (C=O) groups is 2. The zero-order valence-electron chi connectivity index (χ0n) is 19.2. The van der Waals surface area contributed by atoms with Crippen molar-refractivity contribution in [1.82, 2.24) is 10.3 Å². The van der Waals surface area contributed by atoms with E-state index in [9.17, 15) is 9.59 Å². The lowest BCUT2D eigenvalue weighted by Crippen LogP contribution is -2.58. The molecule has 1 amide bonds. The molecule has 182 valence electrons. The van der Waals surface area contributed by atoms with E-state index >= 15 is 0 Å². The number of Topliss-reactive ketones (excluding diaryl/α,β-unsaturated/α-hetero) is 1. The molecule has 2 aromatic heterocycles. The molecule has 1 aliphatic carbocycles. The Labute approximate surface area is 218 Å². The number of halogens is 1. The van der Waals surface area contributed by atoms with Gasteiger partial charge in [-0.15, -0.1) is 11.8 Å². The number of nitrogens with one attached hydrogen (secondary N) is 1. The molecule has 1 aliphatic heterocycles. The van der Waals surface area contributed by atoms with Crippen molar-refractivity contribution < 1.29 is 14.3 Å². The van der Waals surface area contributed by atoms with E-state index in [-0.39, 0.29) is 18.1 Å². The van der Waals surface area contributed by atoms with Crippen LogP contribution in [-0.4, -0.2) is 28.5 Å². The number of benzene rings is 1. The summed E-state index contributed by atoms with van der Waals surface area (Å²) in [6.45, 7) is 0.619. The first-order chi connectivity index (χ1) is 17.0. The summed E-state index contributed by atoms with van der Waals surface area (Å²) in [5.41, 5.74) is 0.425. The molecule has 3 heterocycles. The predicted octanol–water partition coefficient (Wildman–Crippen LogP) is 6.25. The van der Waals surface area contributed by atoms with Crippen LogP contribution in [0.25, 0.3) is 0 Å². The maximum absolute atomic E-state index is 13.4. The highest BCUT2D eigenvalue weighted by molar-refractivity contribution is 8.01. The topological polar surface area (TPSA) is 68.3 Å². The maximum atomic E-state index is 13.4. The molecular formula is C27H27ClN2O3S2. The van der Waals surface area contributed by atoms with Crippen LogP contribution in [0, 0.1) is 5.92 Å². The number of thioether (sulfide) groups is 1. The molecule has 8 heteroatoms. The number of ether oxygens (including phenoxy) is 1. The number of thiophene rings is 1. The molecular weight excluding hydrogens is 500 g/mol. The first-order valence-electron chi connectivity index (χ1n) is 11.9. The van der Waals surface area contributed by atoms with Gasteiger partial charge in [0.25, 0.3) is 0 Å². The number of carbonyl (C=O) groups excluding carboxylic acids is 2. The number of hydrogen-bond acceptors (Lipinski definition) is 6. The minimum Gasteiger partial charge on any atom is -0.478 e. The molecule has 2 aliphatic rings. The average molecular weight is 527 g/mol. The van der Waals surface area contributed by atoms with E-state index in [0.717, 1.165) is 17.9 Å². The van der Waals surface area contributed by atoms with Crippen LogP contribution in [0.3, 0.4) is 0 Å². The second-order valence-electron chi connectivity index (χ2n) is 9.13. The van der Waals surface area contributed by atoms with Crippen LogP contribution in [-0.2, 0) is 15.1 Å². The van der Waals surface area contributed by atoms with Crippen molar-refractivity contribution in [2.45, 2.75) is 54.2 Å². The highest BCUT2D eigenvalue weighted by Crippen LogP contribution is 2.41. The molecule has 35 heavy (non-hydrogen) atoms. The second-order valence-corrected chi connectivity index (χ2v) is 11.5. The van der Waals surface area contributed by atoms with Crippen molar-refractivity contribution >= 4 is 46.4 Å². The molecule has 1 saturated carbocycles. The van der Waals surface area contributed by atoms with Gasteiger partial charge in [0.15, 0.2) is 5.78 Å². The quantitative estimate of drug-likeness (QED) is 0.351. The van der Waals surface area contributed by atoms with E-state index in [2.05, 4.69) is 5.32 Å². The van der Waals surface area contributed by atoms with Crippen molar-refractivity contribution in [3.8, 4) is 5.88 Å². The summed E-state index contributed by atoms with van der Waals surface area (Å²) in [6.07, 6.45) is 6.31. The third-order valence-electron chi connectivity index (χ3n) is 6.81. The van der Waals surface area contributed by atoms with Crippen molar-refractivity contribution in [2.24, 2.45) is 5.92 Å². The van der Waals surface area contributed by atoms with Crippen molar-refractivity contribution in [1.29, 1.82) is 0 Å². The number of amides is 1. The van der Waals surface area contributed by atoms with Gasteiger partial charge < -0.3 is 10.1 Å². The minimum absolute atomic E-state index is 0.107. The van der Waals surface area contributed by atoms with Gasteiger partial charge in [0.05, 0.1) is 17.3 Å². The highest BCUT2D eigenvalue weighted by atomic mass is 35.5. The Balaban J connectivity index is 1.39. The monoisotopic (exact) mass is 526 g/mol. The number of pyridine rings is 1. The molecule has 0 bridgehead atoms. The minimum atomic E-state index is -1.03. The van der Waals surface area contributed by atoms with Crippen LogP contribution in [0.15, 0.2) is 64.2 Å². The lowest BCUT2D eigenvalue weighted by Gasteiger charge is -2.39. The van der Waals surface area contributed by atoms with Gasteiger partial charge in [0.2, 0.25) is 11.8 Å². The molecule has 1 saturated heterocycles. The van der Waals surface area contributed by atoms with Crippen molar-refractivity contribution in [3.63, 3.8) is 0 Å². The standard InChI is InChI=1S/C27H27ClN2O3S2/c28-20-8-3-4-9-22(20)35-25-21(31)16-27(30-26(25)32,19-13-15-34-17-19)23-10-5-11-24(29-23)33-14-12-18-6-1-2-7-18/h3-5,8-11,13,15,17-18,25H,1-2,6-7,12,14,16H2,(H,30,32). The summed E-state index contributed by atoms with van der Waals surface area (Å²) in [4.78, 5) is 32.3. The third kappa shape index (κ3) is 5.27. The lowest BCUT2D eigenvalue weighted by atomic mass is 9.79.